The number of carbonyl (C=O) groups is 2. The van der Waals surface area contributed by atoms with Gasteiger partial charge in [0.15, 0.2) is 0 Å². The molecule has 1 aromatic rings. The van der Waals surface area contributed by atoms with Crippen molar-refractivity contribution < 1.29 is 19.6 Å². The van der Waals surface area contributed by atoms with Gasteiger partial charge in [0, 0.05) is 12.7 Å². The van der Waals surface area contributed by atoms with Crippen LogP contribution in [-0.4, -0.2) is 33.4 Å². The normalized spacial score (nSPS) is 11.7. The first-order chi connectivity index (χ1) is 9.34. The Kier molecular flexibility index (Phi) is 5.39. The summed E-state index contributed by atoms with van der Waals surface area (Å²) in [6.45, 7) is 1.59. The van der Waals surface area contributed by atoms with Crippen LogP contribution in [0.25, 0.3) is 0 Å². The molecule has 9 heteroatoms. The van der Waals surface area contributed by atoms with Crippen molar-refractivity contribution in [2.45, 2.75) is 13.3 Å². The lowest BCUT2D eigenvalue weighted by Crippen LogP contribution is -2.27. The van der Waals surface area contributed by atoms with Crippen LogP contribution in [0, 0.1) is 16.0 Å². The molecule has 108 valence electrons. The van der Waals surface area contributed by atoms with Crippen molar-refractivity contribution in [2.24, 2.45) is 5.92 Å². The topological polar surface area (TPSA) is 122 Å². The third-order valence-corrected chi connectivity index (χ3v) is 2.87. The number of carboxylic acids is 1. The minimum atomic E-state index is -0.975. The van der Waals surface area contributed by atoms with Crippen molar-refractivity contribution in [1.29, 1.82) is 0 Å². The van der Waals surface area contributed by atoms with Crippen LogP contribution in [0.15, 0.2) is 12.3 Å². The van der Waals surface area contributed by atoms with Gasteiger partial charge in [-0.2, -0.15) is 0 Å². The van der Waals surface area contributed by atoms with E-state index >= 15 is 0 Å². The van der Waals surface area contributed by atoms with Crippen LogP contribution in [0.2, 0.25) is 5.15 Å². The first-order valence-electron chi connectivity index (χ1n) is 5.64. The van der Waals surface area contributed by atoms with Crippen LogP contribution in [0.1, 0.15) is 23.7 Å². The lowest BCUT2D eigenvalue weighted by molar-refractivity contribution is -0.385. The predicted octanol–water partition coefficient (Wildman–Crippen LogP) is 1.48. The maximum atomic E-state index is 11.8. The second kappa shape index (κ2) is 6.80. The van der Waals surface area contributed by atoms with E-state index in [0.29, 0.717) is 0 Å². The fraction of sp³-hybridized carbons (Fsp3) is 0.364. The highest BCUT2D eigenvalue weighted by molar-refractivity contribution is 6.32. The third-order valence-electron chi connectivity index (χ3n) is 2.59. The number of carbonyl (C=O) groups excluding carboxylic acids is 1. The molecule has 1 unspecified atom stereocenters. The van der Waals surface area contributed by atoms with Crippen LogP contribution in [0.3, 0.4) is 0 Å². The van der Waals surface area contributed by atoms with Gasteiger partial charge in [-0.05, 0) is 12.5 Å². The zero-order chi connectivity index (χ0) is 15.3. The van der Waals surface area contributed by atoms with Gasteiger partial charge in [-0.15, -0.1) is 0 Å². The Bertz CT molecular complexity index is 549. The van der Waals surface area contributed by atoms with Gasteiger partial charge >= 0.3 is 11.7 Å². The molecule has 0 aliphatic rings. The Hall–Kier alpha value is -2.22. The lowest BCUT2D eigenvalue weighted by Gasteiger charge is -2.08. The van der Waals surface area contributed by atoms with Crippen LogP contribution >= 0.6 is 11.6 Å². The average Bonchev–Trinajstić information content (AvgIpc) is 2.37. The Balaban J connectivity index is 2.76. The summed E-state index contributed by atoms with van der Waals surface area (Å²) < 4.78 is 0. The largest absolute Gasteiger partial charge is 0.481 e. The number of rotatable bonds is 6. The molecule has 2 N–H and O–H groups in total. The van der Waals surface area contributed by atoms with Gasteiger partial charge in [-0.25, -0.2) is 4.98 Å². The summed E-state index contributed by atoms with van der Waals surface area (Å²) in [4.78, 5) is 36.0. The number of aliphatic carboxylic acids is 1. The number of halogens is 1. The van der Waals surface area contributed by atoms with Crippen LogP contribution in [-0.2, 0) is 4.79 Å². The second-order valence-electron chi connectivity index (χ2n) is 4.04. The van der Waals surface area contributed by atoms with E-state index in [1.165, 1.54) is 19.2 Å². The van der Waals surface area contributed by atoms with E-state index in [0.717, 1.165) is 0 Å². The Morgan fingerprint density at radius 2 is 2.25 bits per heavy atom. The summed E-state index contributed by atoms with van der Waals surface area (Å²) in [5, 5.41) is 21.6. The number of aromatic nitrogens is 1. The standard InChI is InChI=1S/C11H12ClN3O5/c1-6(11(17)18)2-4-14-10(16)7-3-5-13-9(12)8(7)15(19)20/h3,5-6H,2,4H2,1H3,(H,14,16)(H,17,18). The molecule has 1 heterocycles. The molecule has 0 aliphatic heterocycles. The molecule has 0 saturated heterocycles. The maximum absolute atomic E-state index is 11.8. The van der Waals surface area contributed by atoms with E-state index in [1.54, 1.807) is 0 Å². The Labute approximate surface area is 118 Å². The van der Waals surface area contributed by atoms with E-state index in [9.17, 15) is 19.7 Å². The number of carboxylic acid groups (broad SMARTS) is 1. The molecule has 1 atom stereocenters. The minimum Gasteiger partial charge on any atom is -0.481 e. The Morgan fingerprint density at radius 3 is 2.80 bits per heavy atom. The van der Waals surface area contributed by atoms with Crippen molar-refractivity contribution in [1.82, 2.24) is 10.3 Å². The summed E-state index contributed by atoms with van der Waals surface area (Å²) in [6, 6.07) is 1.18. The fourth-order valence-electron chi connectivity index (χ4n) is 1.41. The lowest BCUT2D eigenvalue weighted by atomic mass is 10.1. The molecular formula is C11H12ClN3O5. The SMILES string of the molecule is CC(CCNC(=O)c1ccnc(Cl)c1[N+](=O)[O-])C(=O)O. The number of nitrogens with zero attached hydrogens (tertiary/aromatic N) is 2. The highest BCUT2D eigenvalue weighted by Crippen LogP contribution is 2.25. The van der Waals surface area contributed by atoms with Crippen molar-refractivity contribution in [3.63, 3.8) is 0 Å². The summed E-state index contributed by atoms with van der Waals surface area (Å²) in [6.07, 6.45) is 1.40. The minimum absolute atomic E-state index is 0.0867. The molecule has 1 amide bonds. The van der Waals surface area contributed by atoms with Crippen molar-refractivity contribution in [3.05, 3.63) is 33.1 Å². The van der Waals surface area contributed by atoms with Crippen molar-refractivity contribution >= 4 is 29.2 Å². The van der Waals surface area contributed by atoms with Crippen LogP contribution in [0.5, 0.6) is 0 Å². The molecule has 0 saturated carbocycles. The van der Waals surface area contributed by atoms with Crippen molar-refractivity contribution in [2.75, 3.05) is 6.54 Å². The zero-order valence-electron chi connectivity index (χ0n) is 10.5. The average molecular weight is 302 g/mol. The monoisotopic (exact) mass is 301 g/mol. The summed E-state index contributed by atoms with van der Waals surface area (Å²) in [5.74, 6) is -2.29. The predicted molar refractivity (Wildman–Crippen MR) is 69.7 cm³/mol. The highest BCUT2D eigenvalue weighted by Gasteiger charge is 2.24. The smallest absolute Gasteiger partial charge is 0.319 e. The van der Waals surface area contributed by atoms with E-state index in [4.69, 9.17) is 16.7 Å². The van der Waals surface area contributed by atoms with Gasteiger partial charge in [0.05, 0.1) is 10.8 Å². The van der Waals surface area contributed by atoms with E-state index < -0.39 is 28.4 Å². The summed E-state index contributed by atoms with van der Waals surface area (Å²) >= 11 is 5.58. The molecule has 0 spiro atoms. The number of hydrogen-bond donors (Lipinski definition) is 2. The first-order valence-corrected chi connectivity index (χ1v) is 6.02. The molecule has 0 radical (unpaired) electrons. The highest BCUT2D eigenvalue weighted by atomic mass is 35.5. The number of nitro groups is 1. The van der Waals surface area contributed by atoms with Crippen LogP contribution < -0.4 is 5.32 Å². The van der Waals surface area contributed by atoms with E-state index in [1.807, 2.05) is 0 Å². The zero-order valence-corrected chi connectivity index (χ0v) is 11.3. The molecule has 1 aromatic heterocycles. The molecule has 0 fully saturated rings. The second-order valence-corrected chi connectivity index (χ2v) is 4.40. The molecular weight excluding hydrogens is 290 g/mol. The van der Waals surface area contributed by atoms with Gasteiger partial charge in [-0.3, -0.25) is 19.7 Å². The molecule has 8 nitrogen and oxygen atoms in total. The van der Waals surface area contributed by atoms with Gasteiger partial charge in [0.1, 0.15) is 5.56 Å². The maximum Gasteiger partial charge on any atom is 0.319 e. The Morgan fingerprint density at radius 1 is 1.60 bits per heavy atom. The molecule has 0 aliphatic carbocycles. The van der Waals surface area contributed by atoms with Gasteiger partial charge in [0.2, 0.25) is 5.15 Å². The van der Waals surface area contributed by atoms with Gasteiger partial charge < -0.3 is 10.4 Å². The van der Waals surface area contributed by atoms with Crippen LogP contribution in [0.4, 0.5) is 5.69 Å². The van der Waals surface area contributed by atoms with Crippen molar-refractivity contribution in [3.8, 4) is 0 Å². The van der Waals surface area contributed by atoms with Gasteiger partial charge in [0.25, 0.3) is 5.91 Å². The quantitative estimate of drug-likeness (QED) is 0.466. The van der Waals surface area contributed by atoms with Gasteiger partial charge in [-0.1, -0.05) is 18.5 Å². The summed E-state index contributed by atoms with van der Waals surface area (Å²) in [5.41, 5.74) is -0.782. The molecule has 0 aromatic carbocycles. The number of nitrogens with one attached hydrogen (secondary N) is 1. The number of pyridine rings is 1. The summed E-state index contributed by atoms with van der Waals surface area (Å²) in [7, 11) is 0. The molecule has 0 bridgehead atoms. The number of amides is 1. The fourth-order valence-corrected chi connectivity index (χ4v) is 1.63. The third kappa shape index (κ3) is 3.89. The first kappa shape index (κ1) is 15.8. The molecule has 1 rings (SSSR count). The molecule has 20 heavy (non-hydrogen) atoms. The van der Waals surface area contributed by atoms with E-state index in [-0.39, 0.29) is 23.7 Å². The van der Waals surface area contributed by atoms with E-state index in [2.05, 4.69) is 10.3 Å². The number of hydrogen-bond acceptors (Lipinski definition) is 5.